The van der Waals surface area contributed by atoms with Crippen LogP contribution >= 0.6 is 11.8 Å². The van der Waals surface area contributed by atoms with E-state index in [1.54, 1.807) is 13.8 Å². The smallest absolute Gasteiger partial charge is 0.263 e. The van der Waals surface area contributed by atoms with Crippen LogP contribution in [-0.2, 0) is 4.79 Å². The second-order valence-electron chi connectivity index (χ2n) is 5.58. The number of carbonyl (C=O) groups excluding carboxylic acids is 1. The van der Waals surface area contributed by atoms with Gasteiger partial charge in [0.15, 0.2) is 0 Å². The highest BCUT2D eigenvalue weighted by atomic mass is 32.2. The van der Waals surface area contributed by atoms with Crippen LogP contribution in [0.2, 0.25) is 0 Å². The zero-order chi connectivity index (χ0) is 15.3. The summed E-state index contributed by atoms with van der Waals surface area (Å²) in [6.45, 7) is 8.82. The summed E-state index contributed by atoms with van der Waals surface area (Å²) in [6.07, 6.45) is 1.28. The van der Waals surface area contributed by atoms with Crippen LogP contribution in [0.3, 0.4) is 0 Å². The minimum atomic E-state index is -0.814. The molecule has 0 unspecified atom stereocenters. The molecule has 0 radical (unpaired) electrons. The maximum Gasteiger partial charge on any atom is 0.263 e. The fraction of sp³-hybridized carbons (Fsp3) is 0.615. The Kier molecular flexibility index (Phi) is 6.10. The molecule has 0 aromatic rings. The van der Waals surface area contributed by atoms with Gasteiger partial charge in [-0.3, -0.25) is 4.79 Å². The second-order valence-corrected chi connectivity index (χ2v) is 7.18. The fourth-order valence-electron chi connectivity index (χ4n) is 0.915. The number of rotatable bonds is 4. The monoisotopic (exact) mass is 283 g/mol. The number of nitrogens with zero attached hydrogens (tertiary/aromatic N) is 2. The van der Waals surface area contributed by atoms with E-state index in [1.165, 1.54) is 17.8 Å². The fourth-order valence-corrected chi connectivity index (χ4v) is 1.51. The molecule has 0 aliphatic heterocycles. The number of nitrogens with two attached hydrogens (primary N) is 1. The number of aliphatic imine (C=N–C) groups is 1. The van der Waals surface area contributed by atoms with Gasteiger partial charge in [-0.1, -0.05) is 20.8 Å². The van der Waals surface area contributed by atoms with Gasteiger partial charge in [-0.05, 0) is 13.8 Å². The summed E-state index contributed by atoms with van der Waals surface area (Å²) < 4.78 is -0.814. The largest absolute Gasteiger partial charge is 0.512 e. The van der Waals surface area contributed by atoms with Crippen molar-refractivity contribution in [2.24, 2.45) is 16.1 Å². The highest BCUT2D eigenvalue weighted by Gasteiger charge is 2.28. The molecular weight excluding hydrogens is 262 g/mol. The van der Waals surface area contributed by atoms with Crippen molar-refractivity contribution in [2.45, 2.75) is 39.4 Å². The van der Waals surface area contributed by atoms with Gasteiger partial charge in [0.2, 0.25) is 0 Å². The van der Waals surface area contributed by atoms with Gasteiger partial charge in [0, 0.05) is 11.5 Å². The maximum absolute atomic E-state index is 11.9. The minimum Gasteiger partial charge on any atom is -0.512 e. The van der Waals surface area contributed by atoms with Crippen molar-refractivity contribution in [1.82, 2.24) is 0 Å². The topological polar surface area (TPSA) is 99.5 Å². The van der Waals surface area contributed by atoms with Crippen LogP contribution in [0.4, 0.5) is 0 Å². The number of aliphatic hydroxyl groups excluding tert-OH is 1. The number of carbonyl (C=O) groups is 1. The van der Waals surface area contributed by atoms with E-state index in [0.29, 0.717) is 0 Å². The van der Waals surface area contributed by atoms with Crippen LogP contribution in [0.5, 0.6) is 0 Å². The third-order valence-corrected chi connectivity index (χ3v) is 3.47. The molecule has 106 valence electrons. The van der Waals surface area contributed by atoms with Crippen molar-refractivity contribution in [3.63, 3.8) is 0 Å². The van der Waals surface area contributed by atoms with Crippen LogP contribution in [0, 0.1) is 16.7 Å². The molecule has 0 bridgehead atoms. The van der Waals surface area contributed by atoms with Crippen molar-refractivity contribution < 1.29 is 9.90 Å². The third kappa shape index (κ3) is 6.30. The number of allylic oxidation sites excluding steroid dienone is 1. The predicted molar refractivity (Wildman–Crippen MR) is 78.9 cm³/mol. The molecule has 5 nitrogen and oxygen atoms in total. The van der Waals surface area contributed by atoms with Crippen LogP contribution in [0.25, 0.3) is 0 Å². The number of amides is 1. The van der Waals surface area contributed by atoms with E-state index in [0.717, 1.165) is 0 Å². The van der Waals surface area contributed by atoms with Crippen molar-refractivity contribution in [1.29, 1.82) is 5.26 Å². The number of nitriles is 1. The zero-order valence-electron chi connectivity index (χ0n) is 12.0. The van der Waals surface area contributed by atoms with Gasteiger partial charge in [0.25, 0.3) is 5.91 Å². The number of aliphatic hydroxyl groups is 1. The van der Waals surface area contributed by atoms with E-state index >= 15 is 0 Å². The summed E-state index contributed by atoms with van der Waals surface area (Å²) in [4.78, 5) is 15.6. The SMILES string of the molecule is CC(C)(SCC#N)C(=O)N=C(N)/C=C(\O)C(C)(C)C. The molecule has 0 atom stereocenters. The lowest BCUT2D eigenvalue weighted by Gasteiger charge is -2.19. The molecule has 0 rings (SSSR count). The standard InChI is InChI=1S/C13H21N3O2S/c1-12(2,3)9(17)8-10(15)16-11(18)13(4,5)19-7-6-14/h8,17H,7H2,1-5H3,(H2,15,16,18)/b9-8-. The van der Waals surface area contributed by atoms with Crippen LogP contribution in [0.15, 0.2) is 16.8 Å². The van der Waals surface area contributed by atoms with E-state index in [4.69, 9.17) is 11.0 Å². The number of hydrogen-bond donors (Lipinski definition) is 2. The van der Waals surface area contributed by atoms with Gasteiger partial charge < -0.3 is 10.8 Å². The first-order valence-electron chi connectivity index (χ1n) is 5.81. The zero-order valence-corrected chi connectivity index (χ0v) is 12.8. The molecular formula is C13H21N3O2S. The first-order valence-corrected chi connectivity index (χ1v) is 6.80. The quantitative estimate of drug-likeness (QED) is 0.469. The lowest BCUT2D eigenvalue weighted by atomic mass is 9.93. The Morgan fingerprint density at radius 2 is 1.95 bits per heavy atom. The molecule has 3 N–H and O–H groups in total. The minimum absolute atomic E-state index is 0.0388. The van der Waals surface area contributed by atoms with E-state index in [-0.39, 0.29) is 17.3 Å². The van der Waals surface area contributed by atoms with E-state index in [2.05, 4.69) is 4.99 Å². The molecule has 19 heavy (non-hydrogen) atoms. The average molecular weight is 283 g/mol. The predicted octanol–water partition coefficient (Wildman–Crippen LogP) is 2.39. The normalized spacial score (nSPS) is 14.1. The lowest BCUT2D eigenvalue weighted by molar-refractivity contribution is -0.119. The summed E-state index contributed by atoms with van der Waals surface area (Å²) in [5.41, 5.74) is 5.17. The Morgan fingerprint density at radius 1 is 1.42 bits per heavy atom. The number of hydrogen-bond acceptors (Lipinski definition) is 4. The van der Waals surface area contributed by atoms with Crippen LogP contribution in [-0.4, -0.2) is 27.3 Å². The molecule has 0 fully saturated rings. The summed E-state index contributed by atoms with van der Waals surface area (Å²) in [5, 5.41) is 18.3. The summed E-state index contributed by atoms with van der Waals surface area (Å²) in [7, 11) is 0. The third-order valence-electron chi connectivity index (χ3n) is 2.30. The second kappa shape index (κ2) is 6.62. The molecule has 0 aliphatic carbocycles. The van der Waals surface area contributed by atoms with E-state index in [1.807, 2.05) is 26.8 Å². The van der Waals surface area contributed by atoms with E-state index in [9.17, 15) is 9.90 Å². The van der Waals surface area contributed by atoms with Gasteiger partial charge >= 0.3 is 0 Å². The molecule has 1 amide bonds. The van der Waals surface area contributed by atoms with Crippen LogP contribution in [0.1, 0.15) is 34.6 Å². The molecule has 6 heteroatoms. The molecule has 0 aliphatic rings. The van der Waals surface area contributed by atoms with E-state index < -0.39 is 16.1 Å². The number of amidine groups is 1. The average Bonchev–Trinajstić information content (AvgIpc) is 2.24. The molecule has 0 aromatic heterocycles. The van der Waals surface area contributed by atoms with Crippen molar-refractivity contribution in [3.05, 3.63) is 11.8 Å². The summed E-state index contributed by atoms with van der Waals surface area (Å²) in [5.74, 6) is -0.202. The molecule has 0 saturated heterocycles. The lowest BCUT2D eigenvalue weighted by Crippen LogP contribution is -2.29. The Hall–Kier alpha value is -1.48. The Labute approximate surface area is 118 Å². The Balaban J connectivity index is 4.97. The van der Waals surface area contributed by atoms with Gasteiger partial charge in [0.05, 0.1) is 16.6 Å². The highest BCUT2D eigenvalue weighted by molar-refractivity contribution is 8.01. The first kappa shape index (κ1) is 17.5. The Morgan fingerprint density at radius 3 is 2.37 bits per heavy atom. The maximum atomic E-state index is 11.9. The molecule has 0 spiro atoms. The Bertz CT molecular complexity index is 440. The highest BCUT2D eigenvalue weighted by Crippen LogP contribution is 2.26. The van der Waals surface area contributed by atoms with Crippen molar-refractivity contribution in [3.8, 4) is 6.07 Å². The van der Waals surface area contributed by atoms with Gasteiger partial charge in [-0.25, -0.2) is 0 Å². The molecule has 0 saturated carbocycles. The number of thioether (sulfide) groups is 1. The first-order chi connectivity index (χ1) is 8.50. The summed E-state index contributed by atoms with van der Waals surface area (Å²) >= 11 is 1.20. The molecule has 0 aromatic carbocycles. The van der Waals surface area contributed by atoms with Gasteiger partial charge in [0.1, 0.15) is 11.6 Å². The summed E-state index contributed by atoms with van der Waals surface area (Å²) in [6, 6.07) is 1.96. The van der Waals surface area contributed by atoms with Gasteiger partial charge in [-0.2, -0.15) is 10.3 Å². The molecule has 0 heterocycles. The van der Waals surface area contributed by atoms with Crippen molar-refractivity contribution >= 4 is 23.5 Å². The van der Waals surface area contributed by atoms with Gasteiger partial charge in [-0.15, -0.1) is 11.8 Å². The van der Waals surface area contributed by atoms with Crippen molar-refractivity contribution in [2.75, 3.05) is 5.75 Å². The van der Waals surface area contributed by atoms with Crippen LogP contribution < -0.4 is 5.73 Å².